The molecule has 0 saturated heterocycles. The van der Waals surface area contributed by atoms with Gasteiger partial charge in [-0.25, -0.2) is 4.98 Å². The molecule has 0 saturated carbocycles. The van der Waals surface area contributed by atoms with Gasteiger partial charge in [0.05, 0.1) is 0 Å². The van der Waals surface area contributed by atoms with E-state index in [0.29, 0.717) is 12.5 Å². The fourth-order valence-corrected chi connectivity index (χ4v) is 2.30. The lowest BCUT2D eigenvalue weighted by Gasteiger charge is -2.12. The number of benzene rings is 2. The molecular formula is C20H20N2O. The monoisotopic (exact) mass is 304 g/mol. The second-order valence-corrected chi connectivity index (χ2v) is 5.45. The summed E-state index contributed by atoms with van der Waals surface area (Å²) in [7, 11) is 0. The van der Waals surface area contributed by atoms with Gasteiger partial charge in [0.15, 0.2) is 0 Å². The number of anilines is 1. The molecule has 116 valence electrons. The van der Waals surface area contributed by atoms with Gasteiger partial charge in [-0.05, 0) is 23.6 Å². The van der Waals surface area contributed by atoms with Crippen molar-refractivity contribution in [2.45, 2.75) is 20.1 Å². The highest BCUT2D eigenvalue weighted by Gasteiger charge is 2.03. The minimum atomic E-state index is 0.523. The highest BCUT2D eigenvalue weighted by atomic mass is 16.5. The van der Waals surface area contributed by atoms with Gasteiger partial charge in [0.2, 0.25) is 5.88 Å². The Hall–Kier alpha value is -2.81. The molecule has 23 heavy (non-hydrogen) atoms. The number of nitrogens with zero attached hydrogens (tertiary/aromatic N) is 1. The van der Waals surface area contributed by atoms with Crippen LogP contribution in [0.2, 0.25) is 0 Å². The third-order valence-electron chi connectivity index (χ3n) is 3.63. The number of pyridine rings is 1. The number of nitrogens with one attached hydrogen (secondary N) is 1. The van der Waals surface area contributed by atoms with Crippen molar-refractivity contribution in [3.8, 4) is 5.88 Å². The molecule has 0 amide bonds. The van der Waals surface area contributed by atoms with Crippen LogP contribution in [0.1, 0.15) is 16.7 Å². The van der Waals surface area contributed by atoms with Crippen molar-refractivity contribution >= 4 is 5.69 Å². The van der Waals surface area contributed by atoms with E-state index in [2.05, 4.69) is 22.4 Å². The van der Waals surface area contributed by atoms with Gasteiger partial charge in [-0.15, -0.1) is 0 Å². The average molecular weight is 304 g/mol. The zero-order valence-electron chi connectivity index (χ0n) is 13.2. The number of hydrogen-bond donors (Lipinski definition) is 1. The SMILES string of the molecule is Cc1cnc(OCc2ccccc2)cc1NCc1ccccc1. The van der Waals surface area contributed by atoms with E-state index in [4.69, 9.17) is 4.74 Å². The van der Waals surface area contributed by atoms with Gasteiger partial charge >= 0.3 is 0 Å². The van der Waals surface area contributed by atoms with E-state index in [-0.39, 0.29) is 0 Å². The highest BCUT2D eigenvalue weighted by molar-refractivity contribution is 5.52. The van der Waals surface area contributed by atoms with Crippen molar-refractivity contribution < 1.29 is 4.74 Å². The molecule has 1 N–H and O–H groups in total. The van der Waals surface area contributed by atoms with E-state index in [1.54, 1.807) is 0 Å². The van der Waals surface area contributed by atoms with E-state index in [0.717, 1.165) is 23.4 Å². The molecule has 0 fully saturated rings. The molecule has 0 unspecified atom stereocenters. The van der Waals surface area contributed by atoms with Crippen molar-refractivity contribution in [1.29, 1.82) is 0 Å². The van der Waals surface area contributed by atoms with E-state index < -0.39 is 0 Å². The molecule has 0 spiro atoms. The van der Waals surface area contributed by atoms with Crippen LogP contribution in [0, 0.1) is 6.92 Å². The van der Waals surface area contributed by atoms with Crippen LogP contribution in [-0.4, -0.2) is 4.98 Å². The van der Waals surface area contributed by atoms with E-state index in [9.17, 15) is 0 Å². The Labute approximate surface area is 137 Å². The van der Waals surface area contributed by atoms with Gasteiger partial charge < -0.3 is 10.1 Å². The number of aryl methyl sites for hydroxylation is 1. The summed E-state index contributed by atoms with van der Waals surface area (Å²) in [5.74, 6) is 0.634. The van der Waals surface area contributed by atoms with Crippen LogP contribution >= 0.6 is 0 Å². The number of ether oxygens (including phenoxy) is 1. The molecule has 3 nitrogen and oxygen atoms in total. The van der Waals surface area contributed by atoms with Gasteiger partial charge in [-0.3, -0.25) is 0 Å². The van der Waals surface area contributed by atoms with Crippen molar-refractivity contribution in [2.75, 3.05) is 5.32 Å². The second-order valence-electron chi connectivity index (χ2n) is 5.45. The second kappa shape index (κ2) is 7.45. The Morgan fingerprint density at radius 1 is 0.913 bits per heavy atom. The largest absolute Gasteiger partial charge is 0.473 e. The molecule has 3 rings (SSSR count). The van der Waals surface area contributed by atoms with Crippen molar-refractivity contribution in [3.05, 3.63) is 89.6 Å². The van der Waals surface area contributed by atoms with Crippen LogP contribution < -0.4 is 10.1 Å². The lowest BCUT2D eigenvalue weighted by atomic mass is 10.2. The lowest BCUT2D eigenvalue weighted by molar-refractivity contribution is 0.294. The number of rotatable bonds is 6. The topological polar surface area (TPSA) is 34.1 Å². The van der Waals surface area contributed by atoms with Crippen LogP contribution in [0.5, 0.6) is 5.88 Å². The third kappa shape index (κ3) is 4.33. The predicted molar refractivity (Wildman–Crippen MR) is 93.5 cm³/mol. The van der Waals surface area contributed by atoms with Gasteiger partial charge in [-0.2, -0.15) is 0 Å². The van der Waals surface area contributed by atoms with Gasteiger partial charge in [0, 0.05) is 24.5 Å². The van der Waals surface area contributed by atoms with Crippen molar-refractivity contribution in [3.63, 3.8) is 0 Å². The first kappa shape index (κ1) is 15.1. The minimum absolute atomic E-state index is 0.523. The van der Waals surface area contributed by atoms with Gasteiger partial charge in [0.1, 0.15) is 6.61 Å². The maximum absolute atomic E-state index is 5.79. The number of aromatic nitrogens is 1. The van der Waals surface area contributed by atoms with Crippen LogP contribution in [0.4, 0.5) is 5.69 Å². The summed E-state index contributed by atoms with van der Waals surface area (Å²) >= 11 is 0. The maximum atomic E-state index is 5.79. The Balaban J connectivity index is 1.64. The van der Waals surface area contributed by atoms with Crippen LogP contribution in [0.3, 0.4) is 0 Å². The number of hydrogen-bond acceptors (Lipinski definition) is 3. The summed E-state index contributed by atoms with van der Waals surface area (Å²) in [6.07, 6.45) is 1.84. The quantitative estimate of drug-likeness (QED) is 0.723. The van der Waals surface area contributed by atoms with Crippen molar-refractivity contribution in [1.82, 2.24) is 4.98 Å². The Morgan fingerprint density at radius 3 is 2.26 bits per heavy atom. The summed E-state index contributed by atoms with van der Waals surface area (Å²) in [6, 6.07) is 22.4. The lowest BCUT2D eigenvalue weighted by Crippen LogP contribution is -2.03. The molecule has 3 aromatic rings. The molecule has 0 radical (unpaired) electrons. The standard InChI is InChI=1S/C20H20N2O/c1-16-13-22-20(23-15-18-10-6-3-7-11-18)12-19(16)21-14-17-8-4-2-5-9-17/h2-13H,14-15H2,1H3,(H,21,22). The van der Waals surface area contributed by atoms with Gasteiger partial charge in [-0.1, -0.05) is 60.7 Å². The molecule has 0 aliphatic rings. The third-order valence-corrected chi connectivity index (χ3v) is 3.63. The smallest absolute Gasteiger partial charge is 0.215 e. The van der Waals surface area contributed by atoms with E-state index >= 15 is 0 Å². The van der Waals surface area contributed by atoms with E-state index in [1.807, 2.05) is 67.7 Å². The maximum Gasteiger partial charge on any atom is 0.215 e. The minimum Gasteiger partial charge on any atom is -0.473 e. The van der Waals surface area contributed by atoms with Gasteiger partial charge in [0.25, 0.3) is 0 Å². The molecule has 0 aliphatic carbocycles. The molecule has 0 bridgehead atoms. The van der Waals surface area contributed by atoms with Crippen LogP contribution in [-0.2, 0) is 13.2 Å². The molecule has 2 aromatic carbocycles. The first-order valence-corrected chi connectivity index (χ1v) is 7.72. The molecule has 1 aromatic heterocycles. The Kier molecular flexibility index (Phi) is 4.89. The molecule has 1 heterocycles. The fraction of sp³-hybridized carbons (Fsp3) is 0.150. The van der Waals surface area contributed by atoms with E-state index in [1.165, 1.54) is 5.56 Å². The highest BCUT2D eigenvalue weighted by Crippen LogP contribution is 2.20. The summed E-state index contributed by atoms with van der Waals surface area (Å²) in [5, 5.41) is 3.45. The summed E-state index contributed by atoms with van der Waals surface area (Å²) < 4.78 is 5.79. The summed E-state index contributed by atoms with van der Waals surface area (Å²) in [5.41, 5.74) is 4.53. The zero-order chi connectivity index (χ0) is 15.9. The molecule has 0 atom stereocenters. The zero-order valence-corrected chi connectivity index (χ0v) is 13.2. The molecule has 3 heteroatoms. The predicted octanol–water partition coefficient (Wildman–Crippen LogP) is 4.58. The first-order chi connectivity index (χ1) is 11.3. The van der Waals surface area contributed by atoms with Crippen LogP contribution in [0.15, 0.2) is 72.9 Å². The first-order valence-electron chi connectivity index (χ1n) is 7.72. The molecule has 0 aliphatic heterocycles. The Bertz CT molecular complexity index is 742. The summed E-state index contributed by atoms with van der Waals surface area (Å²) in [6.45, 7) is 3.35. The molecular weight excluding hydrogens is 284 g/mol. The average Bonchev–Trinajstić information content (AvgIpc) is 2.62. The fourth-order valence-electron chi connectivity index (χ4n) is 2.30. The van der Waals surface area contributed by atoms with Crippen molar-refractivity contribution in [2.24, 2.45) is 0 Å². The normalized spacial score (nSPS) is 10.3. The summed E-state index contributed by atoms with van der Waals surface area (Å²) in [4.78, 5) is 4.35. The van der Waals surface area contributed by atoms with Crippen LogP contribution in [0.25, 0.3) is 0 Å². The Morgan fingerprint density at radius 2 is 1.57 bits per heavy atom.